The monoisotopic (exact) mass is 415 g/mol. The number of rotatable bonds is 6. The van der Waals surface area contributed by atoms with E-state index in [-0.39, 0.29) is 17.1 Å². The van der Waals surface area contributed by atoms with Crippen LogP contribution in [0.15, 0.2) is 33.1 Å². The maximum Gasteiger partial charge on any atom is 0.319 e. The van der Waals surface area contributed by atoms with Gasteiger partial charge in [0.05, 0.1) is 12.2 Å². The molecule has 1 unspecified atom stereocenters. The predicted molar refractivity (Wildman–Crippen MR) is 94.0 cm³/mol. The third kappa shape index (κ3) is 5.02. The van der Waals surface area contributed by atoms with Crippen LogP contribution in [0.5, 0.6) is 0 Å². The van der Waals surface area contributed by atoms with Gasteiger partial charge in [-0.15, -0.1) is 10.2 Å². The summed E-state index contributed by atoms with van der Waals surface area (Å²) in [6.07, 6.45) is 0. The summed E-state index contributed by atoms with van der Waals surface area (Å²) in [5.74, 6) is -0.574. The minimum Gasteiger partial charge on any atom is -0.465 e. The molecule has 0 saturated carbocycles. The second-order valence-corrected chi connectivity index (χ2v) is 7.74. The number of thioether (sulfide) groups is 1. The number of nitrogens with one attached hydrogen (secondary N) is 1. The highest BCUT2D eigenvalue weighted by Gasteiger charge is 2.19. The molecule has 0 aliphatic carbocycles. The van der Waals surface area contributed by atoms with Crippen LogP contribution in [0.2, 0.25) is 0 Å². The number of halogens is 1. The first kappa shape index (κ1) is 17.9. The van der Waals surface area contributed by atoms with E-state index in [1.807, 2.05) is 6.07 Å². The number of amides is 1. The van der Waals surface area contributed by atoms with Gasteiger partial charge in [-0.05, 0) is 41.9 Å². The quantitative estimate of drug-likeness (QED) is 0.440. The number of nitrogens with zero attached hydrogens (tertiary/aromatic N) is 2. The van der Waals surface area contributed by atoms with E-state index in [2.05, 4.69) is 31.4 Å². The van der Waals surface area contributed by atoms with Crippen LogP contribution in [0.3, 0.4) is 0 Å². The molecule has 0 spiro atoms. The summed E-state index contributed by atoms with van der Waals surface area (Å²) in [6, 6.07) is 7.11. The first-order valence-electron chi connectivity index (χ1n) is 6.74. The maximum absolute atomic E-state index is 12.2. The molecule has 1 aromatic heterocycles. The Morgan fingerprint density at radius 2 is 2.13 bits per heavy atom. The van der Waals surface area contributed by atoms with Gasteiger partial charge in [0.25, 0.3) is 5.91 Å². The number of esters is 1. The molecule has 2 rings (SSSR count). The summed E-state index contributed by atoms with van der Waals surface area (Å²) in [7, 11) is 0. The van der Waals surface area contributed by atoms with Gasteiger partial charge in [0.1, 0.15) is 5.25 Å². The Morgan fingerprint density at radius 1 is 1.39 bits per heavy atom. The van der Waals surface area contributed by atoms with Crippen LogP contribution < -0.4 is 5.32 Å². The topological polar surface area (TPSA) is 81.2 Å². The molecule has 0 bridgehead atoms. The van der Waals surface area contributed by atoms with E-state index < -0.39 is 0 Å². The van der Waals surface area contributed by atoms with Crippen molar-refractivity contribution in [2.24, 2.45) is 0 Å². The molecule has 1 N–H and O–H groups in total. The van der Waals surface area contributed by atoms with Crippen molar-refractivity contribution in [3.8, 4) is 0 Å². The predicted octanol–water partition coefficient (Wildman–Crippen LogP) is 3.60. The number of ether oxygens (including phenoxy) is 1. The van der Waals surface area contributed by atoms with Gasteiger partial charge in [-0.2, -0.15) is 0 Å². The van der Waals surface area contributed by atoms with Crippen LogP contribution in [-0.2, 0) is 9.53 Å². The van der Waals surface area contributed by atoms with Gasteiger partial charge in [0, 0.05) is 4.47 Å². The summed E-state index contributed by atoms with van der Waals surface area (Å²) in [5.41, 5.74) is 0.511. The summed E-state index contributed by atoms with van der Waals surface area (Å²) in [4.78, 5) is 23.8. The third-order valence-electron chi connectivity index (χ3n) is 2.64. The van der Waals surface area contributed by atoms with Gasteiger partial charge in [-0.25, -0.2) is 0 Å². The second-order valence-electron chi connectivity index (χ2n) is 4.32. The lowest BCUT2D eigenvalue weighted by molar-refractivity contribution is -0.142. The molecule has 1 heterocycles. The van der Waals surface area contributed by atoms with Gasteiger partial charge in [-0.3, -0.25) is 14.9 Å². The summed E-state index contributed by atoms with van der Waals surface area (Å²) in [6.45, 7) is 3.84. The second kappa shape index (κ2) is 8.42. The van der Waals surface area contributed by atoms with Crippen molar-refractivity contribution in [3.05, 3.63) is 34.3 Å². The fraction of sp³-hybridized carbons (Fsp3) is 0.286. The van der Waals surface area contributed by atoms with E-state index in [0.717, 1.165) is 0 Å². The lowest BCUT2D eigenvalue weighted by Crippen LogP contribution is -2.16. The lowest BCUT2D eigenvalue weighted by atomic mass is 10.2. The maximum atomic E-state index is 12.2. The van der Waals surface area contributed by atoms with Crippen molar-refractivity contribution >= 4 is 56.0 Å². The van der Waals surface area contributed by atoms with Crippen LogP contribution in [0.25, 0.3) is 0 Å². The fourth-order valence-corrected chi connectivity index (χ4v) is 3.93. The molecule has 1 aromatic carbocycles. The molecule has 0 saturated heterocycles. The molecular formula is C14H14BrN3O3S2. The van der Waals surface area contributed by atoms with Crippen LogP contribution >= 0.6 is 39.0 Å². The van der Waals surface area contributed by atoms with Crippen molar-refractivity contribution in [3.63, 3.8) is 0 Å². The van der Waals surface area contributed by atoms with E-state index in [1.165, 1.54) is 23.1 Å². The molecule has 6 nitrogen and oxygen atoms in total. The molecule has 23 heavy (non-hydrogen) atoms. The zero-order valence-corrected chi connectivity index (χ0v) is 15.6. The number of benzene rings is 1. The first-order chi connectivity index (χ1) is 11.0. The van der Waals surface area contributed by atoms with E-state index in [0.29, 0.717) is 26.1 Å². The van der Waals surface area contributed by atoms with Crippen LogP contribution in [0.1, 0.15) is 24.2 Å². The number of aromatic nitrogens is 2. The molecular weight excluding hydrogens is 402 g/mol. The van der Waals surface area contributed by atoms with Crippen molar-refractivity contribution in [1.29, 1.82) is 0 Å². The minimum atomic E-state index is -0.380. The van der Waals surface area contributed by atoms with Crippen molar-refractivity contribution < 1.29 is 14.3 Å². The van der Waals surface area contributed by atoms with Gasteiger partial charge in [0.2, 0.25) is 5.13 Å². The summed E-state index contributed by atoms with van der Waals surface area (Å²) < 4.78 is 6.23. The number of carbonyl (C=O) groups excluding carboxylic acids is 2. The summed E-state index contributed by atoms with van der Waals surface area (Å²) in [5, 5.41) is 10.6. The molecule has 1 atom stereocenters. The Hall–Kier alpha value is -1.45. The third-order valence-corrected chi connectivity index (χ3v) is 5.33. The highest BCUT2D eigenvalue weighted by molar-refractivity contribution is 9.10. The largest absolute Gasteiger partial charge is 0.465 e. The Balaban J connectivity index is 1.98. The fourth-order valence-electron chi connectivity index (χ4n) is 1.58. The summed E-state index contributed by atoms with van der Waals surface area (Å²) >= 11 is 5.79. The Kier molecular flexibility index (Phi) is 6.55. The van der Waals surface area contributed by atoms with E-state index in [9.17, 15) is 9.59 Å². The zero-order chi connectivity index (χ0) is 16.8. The highest BCUT2D eigenvalue weighted by Crippen LogP contribution is 2.29. The average Bonchev–Trinajstić information content (AvgIpc) is 2.94. The normalized spacial score (nSPS) is 11.8. The average molecular weight is 416 g/mol. The van der Waals surface area contributed by atoms with Gasteiger partial charge in [-0.1, -0.05) is 35.2 Å². The van der Waals surface area contributed by atoms with Crippen LogP contribution in [0.4, 0.5) is 5.13 Å². The smallest absolute Gasteiger partial charge is 0.319 e. The molecule has 0 fully saturated rings. The lowest BCUT2D eigenvalue weighted by Gasteiger charge is -2.07. The zero-order valence-electron chi connectivity index (χ0n) is 12.4. The highest BCUT2D eigenvalue weighted by atomic mass is 79.9. The van der Waals surface area contributed by atoms with E-state index in [1.54, 1.807) is 32.0 Å². The standard InChI is InChI=1S/C14H14BrN3O3S2/c1-3-21-12(20)8(2)22-14-18-17-13(23-14)16-11(19)9-6-4-5-7-10(9)15/h4-8H,3H2,1-2H3,(H,16,17,19). The van der Waals surface area contributed by atoms with Crippen molar-refractivity contribution in [2.45, 2.75) is 23.4 Å². The van der Waals surface area contributed by atoms with Gasteiger partial charge in [0.15, 0.2) is 4.34 Å². The van der Waals surface area contributed by atoms with Gasteiger partial charge < -0.3 is 4.74 Å². The SMILES string of the molecule is CCOC(=O)C(C)Sc1nnc(NC(=O)c2ccccc2Br)s1. The van der Waals surface area contributed by atoms with Crippen molar-refractivity contribution in [2.75, 3.05) is 11.9 Å². The van der Waals surface area contributed by atoms with Gasteiger partial charge >= 0.3 is 5.97 Å². The molecule has 1 amide bonds. The Labute approximate surface area is 150 Å². The molecule has 0 aliphatic rings. The molecule has 2 aromatic rings. The molecule has 0 aliphatic heterocycles. The number of carbonyl (C=O) groups is 2. The number of hydrogen-bond donors (Lipinski definition) is 1. The van der Waals surface area contributed by atoms with Crippen LogP contribution in [0, 0.1) is 0 Å². The Morgan fingerprint density at radius 3 is 2.83 bits per heavy atom. The first-order valence-corrected chi connectivity index (χ1v) is 9.22. The molecule has 9 heteroatoms. The van der Waals surface area contributed by atoms with Crippen LogP contribution in [-0.4, -0.2) is 33.9 Å². The molecule has 122 valence electrons. The number of hydrogen-bond acceptors (Lipinski definition) is 7. The van der Waals surface area contributed by atoms with Crippen molar-refractivity contribution in [1.82, 2.24) is 10.2 Å². The van der Waals surface area contributed by atoms with E-state index >= 15 is 0 Å². The number of anilines is 1. The molecule has 0 radical (unpaired) electrons. The van der Waals surface area contributed by atoms with E-state index in [4.69, 9.17) is 4.74 Å². The Bertz CT molecular complexity index is 708. The minimum absolute atomic E-state index is 0.274.